The molecule has 27 heavy (non-hydrogen) atoms. The summed E-state index contributed by atoms with van der Waals surface area (Å²) in [5.74, 6) is -1.79. The van der Waals surface area contributed by atoms with Gasteiger partial charge in [0.1, 0.15) is 6.04 Å². The number of aryl methyl sites for hydroxylation is 1. The number of unbranched alkanes of at least 4 members (excludes halogenated alkanes) is 4. The van der Waals surface area contributed by atoms with E-state index in [4.69, 9.17) is 0 Å². The molecule has 1 N–H and O–H groups in total. The number of hydrogen-bond donors (Lipinski definition) is 1. The maximum absolute atomic E-state index is 13.0. The van der Waals surface area contributed by atoms with Gasteiger partial charge in [0.2, 0.25) is 11.8 Å². The molecule has 0 radical (unpaired) electrons. The number of benzene rings is 1. The van der Waals surface area contributed by atoms with Crippen molar-refractivity contribution in [2.75, 3.05) is 4.43 Å². The van der Waals surface area contributed by atoms with Gasteiger partial charge < -0.3 is 0 Å². The Kier molecular flexibility index (Phi) is 6.62. The van der Waals surface area contributed by atoms with E-state index in [1.165, 1.54) is 23.7 Å². The second-order valence-electron chi connectivity index (χ2n) is 6.99. The molecule has 2 heterocycles. The number of imide groups is 2. The van der Waals surface area contributed by atoms with Gasteiger partial charge in [-0.2, -0.15) is 0 Å². The van der Waals surface area contributed by atoms with E-state index in [-0.39, 0.29) is 18.7 Å². The minimum absolute atomic E-state index is 0.133. The van der Waals surface area contributed by atoms with Crippen molar-refractivity contribution >= 4 is 46.2 Å². The molecule has 2 aliphatic rings. The average molecular weight is 482 g/mol. The summed E-state index contributed by atoms with van der Waals surface area (Å²) < 4.78 is 1.18. The Morgan fingerprint density at radius 2 is 1.74 bits per heavy atom. The van der Waals surface area contributed by atoms with E-state index in [0.29, 0.717) is 11.1 Å². The van der Waals surface area contributed by atoms with Crippen LogP contribution in [0.4, 0.5) is 0 Å². The van der Waals surface area contributed by atoms with Crippen LogP contribution in [0.3, 0.4) is 0 Å². The Morgan fingerprint density at radius 3 is 2.48 bits per heavy atom. The molecule has 0 aliphatic carbocycles. The summed E-state index contributed by atoms with van der Waals surface area (Å²) >= 11 is 2.38. The highest BCUT2D eigenvalue weighted by atomic mass is 127. The fourth-order valence-electron chi connectivity index (χ4n) is 3.73. The number of fused-ring (bicyclic) bond motifs is 1. The van der Waals surface area contributed by atoms with Gasteiger partial charge >= 0.3 is 0 Å². The second-order valence-corrected chi connectivity index (χ2v) is 8.07. The molecule has 144 valence electrons. The van der Waals surface area contributed by atoms with Crippen LogP contribution in [0.15, 0.2) is 18.2 Å². The number of rotatable bonds is 8. The van der Waals surface area contributed by atoms with Crippen LogP contribution >= 0.6 is 22.6 Å². The van der Waals surface area contributed by atoms with Crippen molar-refractivity contribution in [2.24, 2.45) is 0 Å². The maximum atomic E-state index is 13.0. The molecule has 1 atom stereocenters. The zero-order valence-electron chi connectivity index (χ0n) is 15.1. The van der Waals surface area contributed by atoms with Crippen LogP contribution in [-0.4, -0.2) is 39.0 Å². The Hall–Kier alpha value is -1.77. The normalized spacial score (nSPS) is 19.4. The number of carbonyl (C=O) groups is 4. The lowest BCUT2D eigenvalue weighted by molar-refractivity contribution is -0.136. The van der Waals surface area contributed by atoms with E-state index in [1.807, 2.05) is 6.07 Å². The number of carbonyl (C=O) groups excluding carboxylic acids is 4. The van der Waals surface area contributed by atoms with Crippen LogP contribution in [0.5, 0.6) is 0 Å². The third-order valence-corrected chi connectivity index (χ3v) is 5.90. The van der Waals surface area contributed by atoms with Crippen LogP contribution in [0.1, 0.15) is 71.2 Å². The number of amides is 4. The Labute approximate surface area is 172 Å². The highest BCUT2D eigenvalue weighted by Gasteiger charge is 2.45. The van der Waals surface area contributed by atoms with E-state index in [0.717, 1.165) is 29.7 Å². The molecule has 1 aromatic rings. The van der Waals surface area contributed by atoms with Gasteiger partial charge in [-0.05, 0) is 41.7 Å². The van der Waals surface area contributed by atoms with Crippen molar-refractivity contribution in [3.63, 3.8) is 0 Å². The van der Waals surface area contributed by atoms with Gasteiger partial charge in [-0.25, -0.2) is 0 Å². The van der Waals surface area contributed by atoms with Crippen molar-refractivity contribution in [1.82, 2.24) is 10.2 Å². The number of piperidine rings is 1. The molecule has 1 unspecified atom stereocenters. The van der Waals surface area contributed by atoms with Gasteiger partial charge in [-0.3, -0.25) is 29.4 Å². The molecule has 3 rings (SSSR count). The molecule has 7 heteroatoms. The summed E-state index contributed by atoms with van der Waals surface area (Å²) in [6.45, 7) is 0. The molecule has 0 spiro atoms. The van der Waals surface area contributed by atoms with Gasteiger partial charge in [0.15, 0.2) is 0 Å². The summed E-state index contributed by atoms with van der Waals surface area (Å²) in [7, 11) is 0. The minimum atomic E-state index is -0.906. The lowest BCUT2D eigenvalue weighted by Crippen LogP contribution is -2.54. The van der Waals surface area contributed by atoms with Gasteiger partial charge in [0.25, 0.3) is 11.8 Å². The number of halogens is 1. The zero-order chi connectivity index (χ0) is 19.4. The molecule has 1 saturated heterocycles. The lowest BCUT2D eigenvalue weighted by Gasteiger charge is -2.27. The molecular weight excluding hydrogens is 459 g/mol. The summed E-state index contributed by atoms with van der Waals surface area (Å²) in [4.78, 5) is 50.3. The van der Waals surface area contributed by atoms with Gasteiger partial charge in [-0.1, -0.05) is 54.0 Å². The molecular formula is C20H23IN2O4. The first-order chi connectivity index (χ1) is 13.0. The first kappa shape index (κ1) is 20.0. The Morgan fingerprint density at radius 1 is 1.00 bits per heavy atom. The van der Waals surface area contributed by atoms with Gasteiger partial charge in [0.05, 0.1) is 11.1 Å². The van der Waals surface area contributed by atoms with E-state index in [2.05, 4.69) is 27.9 Å². The van der Waals surface area contributed by atoms with Crippen molar-refractivity contribution in [3.05, 3.63) is 34.9 Å². The van der Waals surface area contributed by atoms with Crippen LogP contribution in [-0.2, 0) is 16.0 Å². The smallest absolute Gasteiger partial charge is 0.262 e. The van der Waals surface area contributed by atoms with Crippen molar-refractivity contribution in [3.8, 4) is 0 Å². The van der Waals surface area contributed by atoms with Crippen molar-refractivity contribution in [2.45, 2.75) is 57.4 Å². The van der Waals surface area contributed by atoms with Crippen LogP contribution in [0, 0.1) is 0 Å². The van der Waals surface area contributed by atoms with Gasteiger partial charge in [-0.15, -0.1) is 0 Å². The molecule has 1 fully saturated rings. The predicted octanol–water partition coefficient (Wildman–Crippen LogP) is 3.02. The number of hydrogen-bond acceptors (Lipinski definition) is 4. The van der Waals surface area contributed by atoms with Crippen molar-refractivity contribution in [1.29, 1.82) is 0 Å². The number of nitrogens with zero attached hydrogens (tertiary/aromatic N) is 1. The molecule has 4 amide bonds. The quantitative estimate of drug-likeness (QED) is 0.267. The highest BCUT2D eigenvalue weighted by molar-refractivity contribution is 14.1. The third-order valence-electron chi connectivity index (χ3n) is 5.13. The predicted molar refractivity (Wildman–Crippen MR) is 109 cm³/mol. The molecule has 2 aliphatic heterocycles. The summed E-state index contributed by atoms with van der Waals surface area (Å²) in [6, 6.07) is 4.42. The Balaban J connectivity index is 1.72. The van der Waals surface area contributed by atoms with Crippen LogP contribution in [0.2, 0.25) is 0 Å². The third kappa shape index (κ3) is 4.23. The fourth-order valence-corrected chi connectivity index (χ4v) is 4.27. The Bertz CT molecular complexity index is 777. The van der Waals surface area contributed by atoms with E-state index < -0.39 is 23.8 Å². The molecule has 6 nitrogen and oxygen atoms in total. The monoisotopic (exact) mass is 482 g/mol. The summed E-state index contributed by atoms with van der Waals surface area (Å²) in [5.41, 5.74) is 1.67. The zero-order valence-corrected chi connectivity index (χ0v) is 17.3. The number of nitrogens with one attached hydrogen (secondary N) is 1. The minimum Gasteiger partial charge on any atom is -0.295 e. The van der Waals surface area contributed by atoms with Crippen LogP contribution in [0.25, 0.3) is 0 Å². The van der Waals surface area contributed by atoms with E-state index in [9.17, 15) is 19.2 Å². The number of alkyl halides is 1. The lowest BCUT2D eigenvalue weighted by atomic mass is 9.97. The maximum Gasteiger partial charge on any atom is 0.262 e. The topological polar surface area (TPSA) is 83.6 Å². The first-order valence-corrected chi connectivity index (χ1v) is 11.0. The van der Waals surface area contributed by atoms with E-state index in [1.54, 1.807) is 12.1 Å². The molecule has 0 saturated carbocycles. The summed E-state index contributed by atoms with van der Waals surface area (Å²) in [5, 5.41) is 2.22. The highest BCUT2D eigenvalue weighted by Crippen LogP contribution is 2.30. The second kappa shape index (κ2) is 8.95. The standard InChI is InChI=1S/C20H23IN2O4/c21-12-5-3-1-2-4-7-13-8-6-9-14-17(13)20(27)23(19(14)26)15-10-11-16(24)22-18(15)25/h6,8-9,15H,1-5,7,10-12H2,(H,22,24,25). The average Bonchev–Trinajstić information content (AvgIpc) is 2.90. The molecule has 0 aromatic heterocycles. The molecule has 1 aromatic carbocycles. The largest absolute Gasteiger partial charge is 0.295 e. The fraction of sp³-hybridized carbons (Fsp3) is 0.500. The molecule has 0 bridgehead atoms. The SMILES string of the molecule is O=C1CCC(N2C(=O)c3cccc(CCCCCCCI)c3C2=O)C(=O)N1. The van der Waals surface area contributed by atoms with Gasteiger partial charge in [0, 0.05) is 6.42 Å². The summed E-state index contributed by atoms with van der Waals surface area (Å²) in [6.07, 6.45) is 6.75. The van der Waals surface area contributed by atoms with Crippen molar-refractivity contribution < 1.29 is 19.2 Å². The van der Waals surface area contributed by atoms with Crippen LogP contribution < -0.4 is 5.32 Å². The first-order valence-electron chi connectivity index (χ1n) is 9.44. The van der Waals surface area contributed by atoms with E-state index >= 15 is 0 Å².